The van der Waals surface area contributed by atoms with E-state index in [9.17, 15) is 0 Å². The molecule has 0 bridgehead atoms. The van der Waals surface area contributed by atoms with Gasteiger partial charge in [-0.05, 0) is 54.2 Å². The van der Waals surface area contributed by atoms with Crippen LogP contribution in [0.15, 0.2) is 18.2 Å². The summed E-state index contributed by atoms with van der Waals surface area (Å²) in [5, 5.41) is 0. The second-order valence-electron chi connectivity index (χ2n) is 6.18. The van der Waals surface area contributed by atoms with Gasteiger partial charge in [0, 0.05) is 0 Å². The van der Waals surface area contributed by atoms with Crippen molar-refractivity contribution in [1.29, 1.82) is 0 Å². The molecule has 1 aromatic carbocycles. The smallest absolute Gasteiger partial charge is 0.122 e. The van der Waals surface area contributed by atoms with Gasteiger partial charge in [0.05, 0.1) is 7.11 Å². The van der Waals surface area contributed by atoms with E-state index in [1.165, 1.54) is 36.8 Å². The number of methoxy groups -OCH3 is 1. The molecule has 1 atom stereocenters. The van der Waals surface area contributed by atoms with Crippen molar-refractivity contribution in [3.05, 3.63) is 29.3 Å². The minimum absolute atomic E-state index is 0.454. The van der Waals surface area contributed by atoms with E-state index in [-0.39, 0.29) is 0 Å². The van der Waals surface area contributed by atoms with Crippen LogP contribution < -0.4 is 4.74 Å². The summed E-state index contributed by atoms with van der Waals surface area (Å²) in [6.07, 6.45) is 5.00. The first-order chi connectivity index (χ1) is 8.04. The molecule has 0 radical (unpaired) electrons. The maximum Gasteiger partial charge on any atom is 0.122 e. The molecule has 1 nitrogen and oxygen atoms in total. The number of aryl methyl sites for hydroxylation is 1. The van der Waals surface area contributed by atoms with Crippen LogP contribution in [0.2, 0.25) is 0 Å². The Kier molecular flexibility index (Phi) is 3.46. The Balaban J connectivity index is 2.28. The molecule has 1 aromatic rings. The first kappa shape index (κ1) is 12.5. The highest BCUT2D eigenvalue weighted by Crippen LogP contribution is 2.42. The summed E-state index contributed by atoms with van der Waals surface area (Å²) in [5.74, 6) is 1.86. The predicted octanol–water partition coefficient (Wildman–Crippen LogP) is 4.24. The molecule has 1 heteroatoms. The lowest BCUT2D eigenvalue weighted by Crippen LogP contribution is -2.27. The molecule has 1 unspecified atom stereocenters. The average Bonchev–Trinajstić information content (AvgIpc) is 2.26. The van der Waals surface area contributed by atoms with Crippen LogP contribution in [0, 0.1) is 11.3 Å². The Hall–Kier alpha value is -0.980. The first-order valence-electron chi connectivity index (χ1n) is 6.69. The summed E-state index contributed by atoms with van der Waals surface area (Å²) in [7, 11) is 1.78. The third-order valence-corrected chi connectivity index (χ3v) is 3.95. The molecule has 0 spiro atoms. The van der Waals surface area contributed by atoms with Crippen molar-refractivity contribution in [3.8, 4) is 5.75 Å². The van der Waals surface area contributed by atoms with Crippen molar-refractivity contribution in [1.82, 2.24) is 0 Å². The van der Waals surface area contributed by atoms with Crippen molar-refractivity contribution in [3.63, 3.8) is 0 Å². The molecule has 0 aliphatic heterocycles. The summed E-state index contributed by atoms with van der Waals surface area (Å²) in [6.45, 7) is 7.08. The zero-order valence-electron chi connectivity index (χ0n) is 11.5. The van der Waals surface area contributed by atoms with Gasteiger partial charge in [-0.1, -0.05) is 32.9 Å². The molecule has 0 aromatic heterocycles. The predicted molar refractivity (Wildman–Crippen MR) is 72.6 cm³/mol. The van der Waals surface area contributed by atoms with E-state index in [2.05, 4.69) is 39.0 Å². The van der Waals surface area contributed by atoms with Gasteiger partial charge in [-0.25, -0.2) is 0 Å². The maximum absolute atomic E-state index is 5.51. The molecule has 2 rings (SSSR count). The fourth-order valence-electron chi connectivity index (χ4n) is 3.35. The molecule has 0 fully saturated rings. The zero-order valence-corrected chi connectivity index (χ0v) is 11.5. The van der Waals surface area contributed by atoms with Gasteiger partial charge in [0.15, 0.2) is 0 Å². The fraction of sp³-hybridized carbons (Fsp3) is 0.625. The van der Waals surface area contributed by atoms with Crippen molar-refractivity contribution >= 4 is 0 Å². The maximum atomic E-state index is 5.51. The lowest BCUT2D eigenvalue weighted by atomic mass is 9.69. The number of rotatable bonds is 3. The number of ether oxygens (including phenoxy) is 1. The molecular weight excluding hydrogens is 208 g/mol. The highest BCUT2D eigenvalue weighted by atomic mass is 16.5. The molecule has 1 aliphatic carbocycles. The quantitative estimate of drug-likeness (QED) is 0.757. The lowest BCUT2D eigenvalue weighted by molar-refractivity contribution is 0.219. The minimum atomic E-state index is 0.454. The highest BCUT2D eigenvalue weighted by molar-refractivity contribution is 5.42. The van der Waals surface area contributed by atoms with E-state index < -0.39 is 0 Å². The topological polar surface area (TPSA) is 9.23 Å². The molecule has 0 saturated heterocycles. The van der Waals surface area contributed by atoms with Crippen LogP contribution in [-0.2, 0) is 12.8 Å². The van der Waals surface area contributed by atoms with Crippen molar-refractivity contribution < 1.29 is 4.74 Å². The summed E-state index contributed by atoms with van der Waals surface area (Å²) in [5.41, 5.74) is 3.39. The summed E-state index contributed by atoms with van der Waals surface area (Å²) in [4.78, 5) is 0. The minimum Gasteiger partial charge on any atom is -0.496 e. The van der Waals surface area contributed by atoms with E-state index in [4.69, 9.17) is 4.74 Å². The standard InChI is InChI=1S/C16H24O/c1-12(2)10-16(3)9-8-13-6-5-7-15(17-4)14(13)11-16/h5-7,12H,8-11H2,1-4H3. The van der Waals surface area contributed by atoms with Gasteiger partial charge in [-0.2, -0.15) is 0 Å². The van der Waals surface area contributed by atoms with Crippen LogP contribution in [-0.4, -0.2) is 7.11 Å². The Morgan fingerprint density at radius 3 is 2.76 bits per heavy atom. The highest BCUT2D eigenvalue weighted by Gasteiger charge is 2.31. The zero-order chi connectivity index (χ0) is 12.5. The summed E-state index contributed by atoms with van der Waals surface area (Å²) < 4.78 is 5.51. The largest absolute Gasteiger partial charge is 0.496 e. The molecule has 0 saturated carbocycles. The van der Waals surface area contributed by atoms with E-state index in [1.807, 2.05) is 0 Å². The van der Waals surface area contributed by atoms with Crippen LogP contribution in [0.1, 0.15) is 44.7 Å². The number of hydrogen-bond acceptors (Lipinski definition) is 1. The van der Waals surface area contributed by atoms with Crippen molar-refractivity contribution in [2.75, 3.05) is 7.11 Å². The Morgan fingerprint density at radius 1 is 1.35 bits per heavy atom. The van der Waals surface area contributed by atoms with Gasteiger partial charge in [0.25, 0.3) is 0 Å². The third kappa shape index (κ3) is 2.65. The Labute approximate surface area is 105 Å². The van der Waals surface area contributed by atoms with Crippen molar-refractivity contribution in [2.45, 2.75) is 46.5 Å². The molecule has 17 heavy (non-hydrogen) atoms. The van der Waals surface area contributed by atoms with Crippen molar-refractivity contribution in [2.24, 2.45) is 11.3 Å². The van der Waals surface area contributed by atoms with E-state index in [0.717, 1.165) is 11.7 Å². The van der Waals surface area contributed by atoms with E-state index in [1.54, 1.807) is 7.11 Å². The van der Waals surface area contributed by atoms with Crippen LogP contribution in [0.5, 0.6) is 5.75 Å². The molecule has 0 heterocycles. The number of fused-ring (bicyclic) bond motifs is 1. The fourth-order valence-corrected chi connectivity index (χ4v) is 3.35. The number of hydrogen-bond donors (Lipinski definition) is 0. The monoisotopic (exact) mass is 232 g/mol. The van der Waals surface area contributed by atoms with Gasteiger partial charge >= 0.3 is 0 Å². The second kappa shape index (κ2) is 4.72. The molecule has 0 N–H and O–H groups in total. The van der Waals surface area contributed by atoms with Crippen LogP contribution in [0.25, 0.3) is 0 Å². The third-order valence-electron chi connectivity index (χ3n) is 3.95. The van der Waals surface area contributed by atoms with Gasteiger partial charge in [0.1, 0.15) is 5.75 Å². The van der Waals surface area contributed by atoms with Gasteiger partial charge in [-0.15, -0.1) is 0 Å². The Bertz CT molecular complexity index is 380. The molecule has 0 amide bonds. The van der Waals surface area contributed by atoms with Gasteiger partial charge in [-0.3, -0.25) is 0 Å². The van der Waals surface area contributed by atoms with Gasteiger partial charge < -0.3 is 4.74 Å². The first-order valence-corrected chi connectivity index (χ1v) is 6.69. The normalized spacial score (nSPS) is 23.6. The summed E-state index contributed by atoms with van der Waals surface area (Å²) in [6, 6.07) is 6.47. The SMILES string of the molecule is COc1cccc2c1CC(C)(CC(C)C)CC2. The lowest BCUT2D eigenvalue weighted by Gasteiger charge is -2.37. The van der Waals surface area contributed by atoms with Crippen LogP contribution >= 0.6 is 0 Å². The second-order valence-corrected chi connectivity index (χ2v) is 6.18. The van der Waals surface area contributed by atoms with Gasteiger partial charge in [0.2, 0.25) is 0 Å². The molecule has 94 valence electrons. The number of benzene rings is 1. The van der Waals surface area contributed by atoms with Crippen LogP contribution in [0.3, 0.4) is 0 Å². The molecular formula is C16H24O. The van der Waals surface area contributed by atoms with E-state index >= 15 is 0 Å². The summed E-state index contributed by atoms with van der Waals surface area (Å²) >= 11 is 0. The Morgan fingerprint density at radius 2 is 2.12 bits per heavy atom. The van der Waals surface area contributed by atoms with E-state index in [0.29, 0.717) is 5.41 Å². The molecule has 1 aliphatic rings. The van der Waals surface area contributed by atoms with Crippen LogP contribution in [0.4, 0.5) is 0 Å². The average molecular weight is 232 g/mol.